The number of hydrogen-bond donors (Lipinski definition) is 2. The maximum absolute atomic E-state index is 12.6. The maximum Gasteiger partial charge on any atom is 0.438 e. The van der Waals surface area contributed by atoms with Crippen molar-refractivity contribution in [3.8, 4) is 0 Å². The topological polar surface area (TPSA) is 109 Å². The van der Waals surface area contributed by atoms with Gasteiger partial charge in [-0.3, -0.25) is 9.11 Å². The molecule has 0 rings (SSSR count). The van der Waals surface area contributed by atoms with Crippen LogP contribution in [0.15, 0.2) is 0 Å². The van der Waals surface area contributed by atoms with Crippen molar-refractivity contribution in [3.63, 3.8) is 0 Å². The minimum atomic E-state index is -7.58. The largest absolute Gasteiger partial charge is 0.438 e. The predicted molar refractivity (Wildman–Crippen MR) is 42.9 cm³/mol. The van der Waals surface area contributed by atoms with Crippen molar-refractivity contribution in [1.82, 2.24) is 0 Å². The van der Waals surface area contributed by atoms with Crippen molar-refractivity contribution in [2.24, 2.45) is 0 Å². The predicted octanol–water partition coefficient (Wildman–Crippen LogP) is 1.22. The van der Waals surface area contributed by atoms with Crippen LogP contribution >= 0.6 is 0 Å². The molecule has 0 unspecified atom stereocenters. The third-order valence-corrected chi connectivity index (χ3v) is 3.58. The molecular weight excluding hydrogens is 360 g/mol. The highest BCUT2D eigenvalue weighted by atomic mass is 32.2. The summed E-state index contributed by atoms with van der Waals surface area (Å²) in [6.45, 7) is 0. The molecule has 2 N–H and O–H groups in total. The molecule has 0 saturated carbocycles. The van der Waals surface area contributed by atoms with Crippen LogP contribution in [0.25, 0.3) is 0 Å². The van der Waals surface area contributed by atoms with Gasteiger partial charge in [0.15, 0.2) is 0 Å². The van der Waals surface area contributed by atoms with Crippen LogP contribution in [0, 0.1) is 0 Å². The van der Waals surface area contributed by atoms with Gasteiger partial charge in [0.05, 0.1) is 0 Å². The van der Waals surface area contributed by atoms with Crippen LogP contribution < -0.4 is 0 Å². The van der Waals surface area contributed by atoms with Crippen LogP contribution in [0.5, 0.6) is 0 Å². The van der Waals surface area contributed by atoms with Gasteiger partial charge in [0.25, 0.3) is 0 Å². The van der Waals surface area contributed by atoms with E-state index in [9.17, 15) is 52.0 Å². The van der Waals surface area contributed by atoms with Crippen molar-refractivity contribution < 1.29 is 61.1 Å². The zero-order valence-corrected chi connectivity index (χ0v) is 10.0. The molecule has 16 heteroatoms. The third kappa shape index (κ3) is 2.33. The van der Waals surface area contributed by atoms with Gasteiger partial charge in [0.1, 0.15) is 0 Å². The first-order chi connectivity index (χ1) is 8.25. The van der Waals surface area contributed by atoms with Crippen molar-refractivity contribution in [2.45, 2.75) is 22.4 Å². The van der Waals surface area contributed by atoms with Gasteiger partial charge in [0.2, 0.25) is 0 Å². The Morgan fingerprint density at radius 3 is 0.800 bits per heavy atom. The van der Waals surface area contributed by atoms with E-state index in [-0.39, 0.29) is 0 Å². The van der Waals surface area contributed by atoms with Gasteiger partial charge in [-0.05, 0) is 0 Å². The lowest BCUT2D eigenvalue weighted by Crippen LogP contribution is -2.66. The summed E-state index contributed by atoms with van der Waals surface area (Å²) in [5.74, 6) is -15.2. The molecule has 0 aliphatic heterocycles. The Kier molecular flexibility index (Phi) is 4.21. The van der Waals surface area contributed by atoms with Crippen LogP contribution in [0.1, 0.15) is 0 Å². The summed E-state index contributed by atoms with van der Waals surface area (Å²) < 4.78 is 155. The first kappa shape index (κ1) is 19.3. The van der Waals surface area contributed by atoms with Crippen molar-refractivity contribution in [3.05, 3.63) is 0 Å². The lowest BCUT2D eigenvalue weighted by molar-refractivity contribution is -0.327. The molecule has 0 saturated heterocycles. The monoisotopic (exact) mass is 362 g/mol. The average Bonchev–Trinajstić information content (AvgIpc) is 2.12. The van der Waals surface area contributed by atoms with E-state index in [0.717, 1.165) is 0 Å². The zero-order chi connectivity index (χ0) is 17.0. The number of hydrogen-bond acceptors (Lipinski definition) is 4. The molecule has 0 aromatic carbocycles. The SMILES string of the molecule is O=S(=O)(O)C(F)(F)C(F)(F)C(F)(F)C(F)(F)S(=O)(=O)O. The van der Waals surface area contributed by atoms with Gasteiger partial charge in [-0.1, -0.05) is 0 Å². The lowest BCUT2D eigenvalue weighted by Gasteiger charge is -2.33. The quantitative estimate of drug-likeness (QED) is 0.562. The molecule has 0 bridgehead atoms. The first-order valence-electron chi connectivity index (χ1n) is 3.70. The second-order valence-corrected chi connectivity index (χ2v) is 6.06. The second-order valence-electron chi connectivity index (χ2n) is 3.13. The molecule has 0 radical (unpaired) electrons. The fourth-order valence-electron chi connectivity index (χ4n) is 0.690. The van der Waals surface area contributed by atoms with Gasteiger partial charge in [-0.15, -0.1) is 0 Å². The molecule has 122 valence electrons. The molecule has 0 aliphatic rings. The van der Waals surface area contributed by atoms with Crippen LogP contribution in [0.4, 0.5) is 35.1 Å². The van der Waals surface area contributed by atoms with Gasteiger partial charge in [-0.25, -0.2) is 0 Å². The van der Waals surface area contributed by atoms with Crippen molar-refractivity contribution >= 4 is 20.2 Å². The smallest absolute Gasteiger partial charge is 0.281 e. The first-order valence-corrected chi connectivity index (χ1v) is 6.58. The van der Waals surface area contributed by atoms with Crippen molar-refractivity contribution in [1.29, 1.82) is 0 Å². The zero-order valence-electron chi connectivity index (χ0n) is 8.37. The number of alkyl halides is 8. The summed E-state index contributed by atoms with van der Waals surface area (Å²) in [7, 11) is -14.6. The highest BCUT2D eigenvalue weighted by Gasteiger charge is 2.87. The van der Waals surface area contributed by atoms with E-state index >= 15 is 0 Å². The van der Waals surface area contributed by atoms with Gasteiger partial charge < -0.3 is 0 Å². The fraction of sp³-hybridized carbons (Fsp3) is 1.00. The summed E-state index contributed by atoms with van der Waals surface area (Å²) in [6, 6.07) is 0. The van der Waals surface area contributed by atoms with Crippen LogP contribution in [-0.2, 0) is 20.2 Å². The molecule has 0 amide bonds. The molecule has 0 aromatic heterocycles. The molecule has 0 aliphatic carbocycles. The Morgan fingerprint density at radius 1 is 0.550 bits per heavy atom. The Morgan fingerprint density at radius 2 is 0.700 bits per heavy atom. The van der Waals surface area contributed by atoms with Crippen LogP contribution in [-0.4, -0.2) is 48.3 Å². The van der Waals surface area contributed by atoms with Crippen molar-refractivity contribution in [2.75, 3.05) is 0 Å². The van der Waals surface area contributed by atoms with E-state index < -0.39 is 42.6 Å². The Bertz CT molecular complexity index is 536. The summed E-state index contributed by atoms with van der Waals surface area (Å²) in [5.41, 5.74) is 0. The highest BCUT2D eigenvalue weighted by Crippen LogP contribution is 2.55. The van der Waals surface area contributed by atoms with Gasteiger partial charge in [0, 0.05) is 0 Å². The minimum Gasteiger partial charge on any atom is -0.281 e. The van der Waals surface area contributed by atoms with E-state index in [2.05, 4.69) is 0 Å². The van der Waals surface area contributed by atoms with E-state index in [4.69, 9.17) is 9.11 Å². The standard InChI is InChI=1S/C4H2F8O6S2/c5-1(6,3(9,10)19(13,14)15)2(7,8)4(11,12)20(16,17)18/h(H,13,14,15)(H,16,17,18). The highest BCUT2D eigenvalue weighted by molar-refractivity contribution is 7.87. The molecule has 0 fully saturated rings. The molecule has 0 heterocycles. The lowest BCUT2D eigenvalue weighted by atomic mass is 10.2. The van der Waals surface area contributed by atoms with E-state index in [1.165, 1.54) is 0 Å². The van der Waals surface area contributed by atoms with Gasteiger partial charge >= 0.3 is 42.6 Å². The molecular formula is C4H2F8O6S2. The maximum atomic E-state index is 12.6. The summed E-state index contributed by atoms with van der Waals surface area (Å²) in [6.07, 6.45) is 0. The second kappa shape index (κ2) is 4.38. The Labute approximate surface area is 104 Å². The van der Waals surface area contributed by atoms with E-state index in [1.807, 2.05) is 0 Å². The van der Waals surface area contributed by atoms with E-state index in [0.29, 0.717) is 0 Å². The van der Waals surface area contributed by atoms with E-state index in [1.54, 1.807) is 0 Å². The molecule has 6 nitrogen and oxygen atoms in total. The Balaban J connectivity index is 6.37. The summed E-state index contributed by atoms with van der Waals surface area (Å²) >= 11 is 0. The summed E-state index contributed by atoms with van der Waals surface area (Å²) in [4.78, 5) is 0. The molecule has 0 atom stereocenters. The normalized spacial score (nSPS) is 16.3. The third-order valence-electron chi connectivity index (χ3n) is 1.77. The number of halogens is 8. The molecule has 0 spiro atoms. The average molecular weight is 362 g/mol. The molecule has 20 heavy (non-hydrogen) atoms. The van der Waals surface area contributed by atoms with Crippen LogP contribution in [0.3, 0.4) is 0 Å². The molecule has 0 aromatic rings. The van der Waals surface area contributed by atoms with Gasteiger partial charge in [-0.2, -0.15) is 52.0 Å². The summed E-state index contributed by atoms with van der Waals surface area (Å²) in [5, 5.41) is -14.3. The fourth-order valence-corrected chi connectivity index (χ4v) is 1.59. The minimum absolute atomic E-state index is 7.17. The van der Waals surface area contributed by atoms with Crippen LogP contribution in [0.2, 0.25) is 0 Å². The Hall–Kier alpha value is -0.740. The number of rotatable bonds is 5.